The van der Waals surface area contributed by atoms with Gasteiger partial charge in [0.15, 0.2) is 11.9 Å². The van der Waals surface area contributed by atoms with E-state index in [4.69, 9.17) is 11.5 Å². The largest absolute Gasteiger partial charge is 0.370 e. The molecule has 1 aliphatic rings. The molecule has 0 saturated carbocycles. The van der Waals surface area contributed by atoms with E-state index in [-0.39, 0.29) is 0 Å². The number of guanidine groups is 2. The van der Waals surface area contributed by atoms with Crippen LogP contribution in [0.1, 0.15) is 47.0 Å². The maximum atomic E-state index is 5.96. The predicted octanol–water partition coefficient (Wildman–Crippen LogP) is 1.84. The molecule has 7 heteroatoms. The Kier molecular flexibility index (Phi) is 10.4. The molecule has 0 amide bonds. The summed E-state index contributed by atoms with van der Waals surface area (Å²) in [5.74, 6) is 2.45. The Morgan fingerprint density at radius 3 is 2.00 bits per heavy atom. The van der Waals surface area contributed by atoms with Gasteiger partial charge in [-0.2, -0.15) is 0 Å². The molecule has 2 atom stereocenters. The van der Waals surface area contributed by atoms with Gasteiger partial charge < -0.3 is 20.4 Å². The van der Waals surface area contributed by atoms with Crippen molar-refractivity contribution in [1.29, 1.82) is 0 Å². The van der Waals surface area contributed by atoms with Crippen LogP contribution in [0, 0.1) is 17.8 Å². The Labute approximate surface area is 179 Å². The Balaban J connectivity index is 2.40. The van der Waals surface area contributed by atoms with Gasteiger partial charge in [-0.05, 0) is 30.6 Å². The third kappa shape index (κ3) is 10.8. The molecule has 0 bridgehead atoms. The molecule has 1 rings (SSSR count). The number of nitrogens with zero attached hydrogens (tertiary/aromatic N) is 4. The van der Waals surface area contributed by atoms with Gasteiger partial charge in [0.2, 0.25) is 0 Å². The van der Waals surface area contributed by atoms with E-state index in [1.54, 1.807) is 0 Å². The zero-order valence-electron chi connectivity index (χ0n) is 20.2. The summed E-state index contributed by atoms with van der Waals surface area (Å²) >= 11 is 0. The lowest BCUT2D eigenvalue weighted by molar-refractivity contribution is -1.01. The van der Waals surface area contributed by atoms with Crippen molar-refractivity contribution in [1.82, 2.24) is 5.32 Å². The van der Waals surface area contributed by atoms with Gasteiger partial charge in [0.05, 0.1) is 27.7 Å². The van der Waals surface area contributed by atoms with Gasteiger partial charge in [0.1, 0.15) is 26.2 Å². The summed E-state index contributed by atoms with van der Waals surface area (Å²) in [5.41, 5.74) is 11.8. The monoisotopic (exact) mass is 411 g/mol. The molecule has 0 spiro atoms. The van der Waals surface area contributed by atoms with Crippen LogP contribution in [0.2, 0.25) is 0 Å². The van der Waals surface area contributed by atoms with Crippen molar-refractivity contribution in [3.63, 3.8) is 0 Å². The summed E-state index contributed by atoms with van der Waals surface area (Å²) in [6.07, 6.45) is 3.74. The van der Waals surface area contributed by atoms with Crippen LogP contribution >= 0.6 is 0 Å². The molecule has 0 radical (unpaired) electrons. The number of hydrogen-bond donors (Lipinski definition) is 3. The minimum atomic E-state index is 0.347. The first-order valence-electron chi connectivity index (χ1n) is 11.5. The minimum Gasteiger partial charge on any atom is -0.370 e. The molecule has 1 heterocycles. The fraction of sp³-hybridized carbons (Fsp3) is 0.909. The molecule has 170 valence electrons. The van der Waals surface area contributed by atoms with Gasteiger partial charge in [-0.3, -0.25) is 15.3 Å². The van der Waals surface area contributed by atoms with Crippen molar-refractivity contribution >= 4 is 11.9 Å². The van der Waals surface area contributed by atoms with Crippen molar-refractivity contribution in [2.45, 2.75) is 47.0 Å². The summed E-state index contributed by atoms with van der Waals surface area (Å²) < 4.78 is 2.40. The van der Waals surface area contributed by atoms with Crippen LogP contribution in [-0.2, 0) is 0 Å². The van der Waals surface area contributed by atoms with Gasteiger partial charge >= 0.3 is 0 Å². The summed E-state index contributed by atoms with van der Waals surface area (Å²) in [7, 11) is 7.15. The average molecular weight is 412 g/mol. The van der Waals surface area contributed by atoms with Gasteiger partial charge in [-0.25, -0.2) is 0 Å². The van der Waals surface area contributed by atoms with E-state index in [9.17, 15) is 0 Å². The number of likely N-dealkylation sites (N-methyl/N-ethyl adjacent to an activating group) is 2. The Hall–Kier alpha value is -1.34. The average Bonchev–Trinajstić information content (AvgIpc) is 2.64. The maximum Gasteiger partial charge on any atom is 0.195 e. The topological polar surface area (TPSA) is 88.8 Å². The van der Waals surface area contributed by atoms with Crippen LogP contribution in [0.25, 0.3) is 0 Å². The smallest absolute Gasteiger partial charge is 0.195 e. The molecule has 29 heavy (non-hydrogen) atoms. The highest BCUT2D eigenvalue weighted by molar-refractivity contribution is 5.97. The molecule has 7 nitrogen and oxygen atoms in total. The third-order valence-electron chi connectivity index (χ3n) is 6.34. The number of nitrogens with two attached hydrogens (primary N) is 2. The quantitative estimate of drug-likeness (QED) is 0.291. The maximum absolute atomic E-state index is 5.96. The lowest BCUT2D eigenvalue weighted by Gasteiger charge is -2.45. The second-order valence-electron chi connectivity index (χ2n) is 10.5. The van der Waals surface area contributed by atoms with Gasteiger partial charge in [-0.1, -0.05) is 34.1 Å². The molecule has 1 saturated heterocycles. The summed E-state index contributed by atoms with van der Waals surface area (Å²) in [4.78, 5) is 8.73. The molecular weight excluding hydrogens is 362 g/mol. The molecule has 5 N–H and O–H groups in total. The minimum absolute atomic E-state index is 0.347. The highest BCUT2D eigenvalue weighted by Crippen LogP contribution is 2.23. The van der Waals surface area contributed by atoms with Crippen LogP contribution in [0.3, 0.4) is 0 Å². The van der Waals surface area contributed by atoms with E-state index in [1.165, 1.54) is 61.0 Å². The SMILES string of the molecule is CCC(CC[N+]1(C)CC[N+](C)(C)CC1)CC(C)CN=C(N)NC(N)=NCC(C)C. The predicted molar refractivity (Wildman–Crippen MR) is 126 cm³/mol. The van der Waals surface area contributed by atoms with E-state index in [1.807, 2.05) is 0 Å². The number of quaternary nitrogens is 2. The normalized spacial score (nSPS) is 21.8. The fourth-order valence-corrected chi connectivity index (χ4v) is 3.84. The number of piperazine rings is 1. The molecule has 1 fully saturated rings. The summed E-state index contributed by atoms with van der Waals surface area (Å²) in [5, 5.41) is 2.89. The number of rotatable bonds is 10. The van der Waals surface area contributed by atoms with Crippen LogP contribution in [-0.4, -0.2) is 87.8 Å². The van der Waals surface area contributed by atoms with Crippen molar-refractivity contribution in [3.8, 4) is 0 Å². The van der Waals surface area contributed by atoms with Crippen LogP contribution in [0.4, 0.5) is 0 Å². The zero-order valence-corrected chi connectivity index (χ0v) is 20.2. The standard InChI is InChI=1S/C22H49N7/c1-8-20(9-10-29(7)13-11-28(5,6)12-14-29)15-19(4)17-26-22(24)27-21(23)25-16-18(2)3/h18-20H,8-17H2,1-7H3,(H5,23,24,25,26,27)/q+2. The summed E-state index contributed by atoms with van der Waals surface area (Å²) in [6.45, 7) is 16.7. The lowest BCUT2D eigenvalue weighted by atomic mass is 9.90. The van der Waals surface area contributed by atoms with E-state index in [0.717, 1.165) is 12.5 Å². The van der Waals surface area contributed by atoms with Crippen molar-refractivity contribution in [2.75, 3.05) is 67.0 Å². The lowest BCUT2D eigenvalue weighted by Crippen LogP contribution is -2.62. The molecule has 0 aromatic heterocycles. The van der Waals surface area contributed by atoms with Gasteiger partial charge in [0, 0.05) is 13.1 Å². The van der Waals surface area contributed by atoms with Crippen molar-refractivity contribution in [2.24, 2.45) is 39.2 Å². The Morgan fingerprint density at radius 1 is 0.931 bits per heavy atom. The first-order chi connectivity index (χ1) is 13.4. The molecular formula is C22H49N7+2. The molecule has 2 unspecified atom stereocenters. The summed E-state index contributed by atoms with van der Waals surface area (Å²) in [6, 6.07) is 0. The molecule has 0 aromatic carbocycles. The first kappa shape index (κ1) is 25.7. The van der Waals surface area contributed by atoms with E-state index in [2.05, 4.69) is 64.1 Å². The molecule has 0 aliphatic carbocycles. The number of aliphatic imine (C=N–C) groups is 2. The highest BCUT2D eigenvalue weighted by Gasteiger charge is 2.34. The molecule has 0 aromatic rings. The highest BCUT2D eigenvalue weighted by atomic mass is 15.4. The number of hydrogen-bond acceptors (Lipinski definition) is 2. The second kappa shape index (κ2) is 11.7. The van der Waals surface area contributed by atoms with Gasteiger partial charge in [-0.15, -0.1) is 0 Å². The van der Waals surface area contributed by atoms with Crippen LogP contribution < -0.4 is 16.8 Å². The van der Waals surface area contributed by atoms with Crippen LogP contribution in [0.15, 0.2) is 9.98 Å². The van der Waals surface area contributed by atoms with Crippen molar-refractivity contribution < 1.29 is 8.97 Å². The Bertz CT molecular complexity index is 529. The zero-order chi connectivity index (χ0) is 22.1. The van der Waals surface area contributed by atoms with E-state index >= 15 is 0 Å². The first-order valence-corrected chi connectivity index (χ1v) is 11.5. The fourth-order valence-electron chi connectivity index (χ4n) is 3.84. The van der Waals surface area contributed by atoms with Gasteiger partial charge in [0.25, 0.3) is 0 Å². The third-order valence-corrected chi connectivity index (χ3v) is 6.34. The second-order valence-corrected chi connectivity index (χ2v) is 10.5. The Morgan fingerprint density at radius 2 is 1.48 bits per heavy atom. The number of nitrogens with one attached hydrogen (secondary N) is 1. The molecule has 1 aliphatic heterocycles. The van der Waals surface area contributed by atoms with Crippen molar-refractivity contribution in [3.05, 3.63) is 0 Å². The van der Waals surface area contributed by atoms with E-state index in [0.29, 0.717) is 30.3 Å². The van der Waals surface area contributed by atoms with E-state index < -0.39 is 0 Å². The van der Waals surface area contributed by atoms with Crippen LogP contribution in [0.5, 0.6) is 0 Å².